The molecule has 0 aliphatic rings. The minimum absolute atomic E-state index is 0.889. The molecule has 1 heteroatoms. The van der Waals surface area contributed by atoms with Gasteiger partial charge in [-0.05, 0) is 55.0 Å². The number of rotatable bonds is 13. The second-order valence-corrected chi connectivity index (χ2v) is 8.62. The summed E-state index contributed by atoms with van der Waals surface area (Å²) in [6.07, 6.45) is 12.5. The van der Waals surface area contributed by atoms with Crippen molar-refractivity contribution in [2.24, 2.45) is 29.6 Å². The van der Waals surface area contributed by atoms with Crippen molar-refractivity contribution in [3.05, 3.63) is 0 Å². The molecule has 21 heavy (non-hydrogen) atoms. The van der Waals surface area contributed by atoms with Crippen LogP contribution >= 0.6 is 9.24 Å². The zero-order valence-electron chi connectivity index (χ0n) is 15.8. The summed E-state index contributed by atoms with van der Waals surface area (Å²) in [6.45, 7) is 14.6. The highest BCUT2D eigenvalue weighted by Crippen LogP contribution is 2.29. The summed E-state index contributed by atoms with van der Waals surface area (Å²) in [5, 5.41) is 0. The molecule has 0 aromatic heterocycles. The van der Waals surface area contributed by atoms with E-state index in [-0.39, 0.29) is 0 Å². The monoisotopic (exact) mass is 314 g/mol. The Bertz CT molecular complexity index is 226. The van der Waals surface area contributed by atoms with Crippen LogP contribution in [0.2, 0.25) is 0 Å². The Morgan fingerprint density at radius 1 is 0.667 bits per heavy atom. The van der Waals surface area contributed by atoms with Gasteiger partial charge in [0.15, 0.2) is 0 Å². The van der Waals surface area contributed by atoms with E-state index >= 15 is 0 Å². The molecular formula is C20H43P. The van der Waals surface area contributed by atoms with Crippen molar-refractivity contribution < 1.29 is 0 Å². The molecule has 0 heterocycles. The van der Waals surface area contributed by atoms with Crippen molar-refractivity contribution in [3.63, 3.8) is 0 Å². The maximum atomic E-state index is 2.86. The van der Waals surface area contributed by atoms with E-state index < -0.39 is 0 Å². The summed E-state index contributed by atoms with van der Waals surface area (Å²) in [5.74, 6) is 4.52. The van der Waals surface area contributed by atoms with Crippen LogP contribution in [0.1, 0.15) is 92.9 Å². The predicted octanol–water partition coefficient (Wildman–Crippen LogP) is 7.18. The zero-order valence-corrected chi connectivity index (χ0v) is 17.0. The topological polar surface area (TPSA) is 0 Å². The van der Waals surface area contributed by atoms with Crippen LogP contribution in [0.15, 0.2) is 0 Å². The normalized spacial score (nSPS) is 19.0. The van der Waals surface area contributed by atoms with Crippen molar-refractivity contribution >= 4 is 9.24 Å². The van der Waals surface area contributed by atoms with Crippen molar-refractivity contribution in [2.45, 2.75) is 92.9 Å². The fourth-order valence-electron chi connectivity index (χ4n) is 3.64. The Kier molecular flexibility index (Phi) is 13.2. The van der Waals surface area contributed by atoms with Crippen LogP contribution < -0.4 is 0 Å². The molecule has 6 atom stereocenters. The highest BCUT2D eigenvalue weighted by molar-refractivity contribution is 7.16. The van der Waals surface area contributed by atoms with Gasteiger partial charge in [0.2, 0.25) is 0 Å². The molecule has 0 saturated heterocycles. The Labute approximate surface area is 138 Å². The van der Waals surface area contributed by atoms with Gasteiger partial charge in [0.1, 0.15) is 0 Å². The highest BCUT2D eigenvalue weighted by Gasteiger charge is 2.18. The van der Waals surface area contributed by atoms with E-state index in [1.807, 2.05) is 0 Å². The molecule has 0 aliphatic carbocycles. The molecule has 0 bridgehead atoms. The van der Waals surface area contributed by atoms with E-state index in [0.717, 1.165) is 29.6 Å². The van der Waals surface area contributed by atoms with Gasteiger partial charge in [-0.1, -0.05) is 73.6 Å². The van der Waals surface area contributed by atoms with E-state index in [4.69, 9.17) is 0 Å². The van der Waals surface area contributed by atoms with Crippen LogP contribution in [0.25, 0.3) is 0 Å². The molecule has 0 aromatic carbocycles. The molecule has 0 saturated carbocycles. The minimum atomic E-state index is 0.889. The molecule has 0 nitrogen and oxygen atoms in total. The molecule has 0 amide bonds. The fourth-order valence-corrected chi connectivity index (χ4v) is 3.88. The van der Waals surface area contributed by atoms with E-state index in [0.29, 0.717) is 0 Å². The Hall–Kier alpha value is 0.430. The van der Waals surface area contributed by atoms with Crippen molar-refractivity contribution in [1.29, 1.82) is 0 Å². The second-order valence-electron chi connectivity index (χ2n) is 8.04. The van der Waals surface area contributed by atoms with Crippen LogP contribution in [0.5, 0.6) is 0 Å². The molecular weight excluding hydrogens is 271 g/mol. The summed E-state index contributed by atoms with van der Waals surface area (Å²) in [5.41, 5.74) is 0. The standard InChI is InChI=1S/C20H43P/c1-7-9-16(2)11-12-18(4)15-20(6)19(5)14-17(3)10-8-13-21/h16-20H,7-15,21H2,1-6H3. The maximum Gasteiger partial charge on any atom is -0.0381 e. The second kappa shape index (κ2) is 12.9. The quantitative estimate of drug-likeness (QED) is 0.316. The van der Waals surface area contributed by atoms with Gasteiger partial charge in [0.25, 0.3) is 0 Å². The lowest BCUT2D eigenvalue weighted by Crippen LogP contribution is -2.15. The first kappa shape index (κ1) is 21.4. The fraction of sp³-hybridized carbons (Fsp3) is 1.00. The average molecular weight is 315 g/mol. The molecule has 6 unspecified atom stereocenters. The van der Waals surface area contributed by atoms with Crippen LogP contribution in [0, 0.1) is 29.6 Å². The highest BCUT2D eigenvalue weighted by atomic mass is 31.0. The van der Waals surface area contributed by atoms with Crippen molar-refractivity contribution in [2.75, 3.05) is 6.16 Å². The lowest BCUT2D eigenvalue weighted by Gasteiger charge is -2.26. The SMILES string of the molecule is CCCC(C)CCC(C)CC(C)C(C)CC(C)CCCP. The molecule has 128 valence electrons. The van der Waals surface area contributed by atoms with Gasteiger partial charge in [-0.15, -0.1) is 9.24 Å². The van der Waals surface area contributed by atoms with Gasteiger partial charge < -0.3 is 0 Å². The summed E-state index contributed by atoms with van der Waals surface area (Å²) in [4.78, 5) is 0. The Morgan fingerprint density at radius 2 is 1.14 bits per heavy atom. The molecule has 0 aliphatic heterocycles. The van der Waals surface area contributed by atoms with Gasteiger partial charge in [-0.3, -0.25) is 0 Å². The third-order valence-corrected chi connectivity index (χ3v) is 5.76. The van der Waals surface area contributed by atoms with Crippen LogP contribution in [0.3, 0.4) is 0 Å². The first-order valence-corrected chi connectivity index (χ1v) is 10.4. The van der Waals surface area contributed by atoms with Crippen LogP contribution in [-0.2, 0) is 0 Å². The summed E-state index contributed by atoms with van der Waals surface area (Å²) in [6, 6.07) is 0. The summed E-state index contributed by atoms with van der Waals surface area (Å²) >= 11 is 0. The molecule has 0 fully saturated rings. The summed E-state index contributed by atoms with van der Waals surface area (Å²) < 4.78 is 0. The molecule has 0 spiro atoms. The van der Waals surface area contributed by atoms with Crippen LogP contribution in [0.4, 0.5) is 0 Å². The third-order valence-electron chi connectivity index (χ3n) is 5.35. The number of hydrogen-bond donors (Lipinski definition) is 0. The third kappa shape index (κ3) is 11.6. The molecule has 0 aromatic rings. The van der Waals surface area contributed by atoms with Crippen LogP contribution in [-0.4, -0.2) is 6.16 Å². The maximum absolute atomic E-state index is 2.86. The van der Waals surface area contributed by atoms with Gasteiger partial charge in [0, 0.05) is 0 Å². The van der Waals surface area contributed by atoms with E-state index in [1.54, 1.807) is 0 Å². The van der Waals surface area contributed by atoms with Crippen molar-refractivity contribution in [3.8, 4) is 0 Å². The Morgan fingerprint density at radius 3 is 1.62 bits per heavy atom. The molecule has 0 N–H and O–H groups in total. The van der Waals surface area contributed by atoms with Gasteiger partial charge >= 0.3 is 0 Å². The number of hydrogen-bond acceptors (Lipinski definition) is 0. The average Bonchev–Trinajstić information content (AvgIpc) is 2.43. The van der Waals surface area contributed by atoms with Gasteiger partial charge in [-0.2, -0.15) is 0 Å². The molecule has 0 radical (unpaired) electrons. The minimum Gasteiger partial charge on any atom is -0.138 e. The smallest absolute Gasteiger partial charge is 0.0381 e. The van der Waals surface area contributed by atoms with E-state index in [1.165, 1.54) is 57.5 Å². The zero-order chi connectivity index (χ0) is 16.3. The largest absolute Gasteiger partial charge is 0.138 e. The lowest BCUT2D eigenvalue weighted by molar-refractivity contribution is 0.252. The lowest BCUT2D eigenvalue weighted by atomic mass is 9.80. The van der Waals surface area contributed by atoms with Gasteiger partial charge in [-0.25, -0.2) is 0 Å². The van der Waals surface area contributed by atoms with E-state index in [2.05, 4.69) is 50.8 Å². The van der Waals surface area contributed by atoms with Gasteiger partial charge in [0.05, 0.1) is 0 Å². The Balaban J connectivity index is 3.90. The predicted molar refractivity (Wildman–Crippen MR) is 103 cm³/mol. The van der Waals surface area contributed by atoms with Crippen molar-refractivity contribution in [1.82, 2.24) is 0 Å². The van der Waals surface area contributed by atoms with E-state index in [9.17, 15) is 0 Å². The first-order chi connectivity index (χ1) is 9.90. The first-order valence-electron chi connectivity index (χ1n) is 9.60. The summed E-state index contributed by atoms with van der Waals surface area (Å²) in [7, 11) is 2.86. The molecule has 0 rings (SSSR count).